The molecule has 0 bridgehead atoms. The predicted octanol–water partition coefficient (Wildman–Crippen LogP) is -2.08. The van der Waals surface area contributed by atoms with E-state index >= 15 is 0 Å². The highest BCUT2D eigenvalue weighted by Gasteiger charge is 2.53. The maximum Gasteiger partial charge on any atom is 0.349 e. The van der Waals surface area contributed by atoms with Crippen LogP contribution in [-0.2, 0) is 38.1 Å². The summed E-state index contributed by atoms with van der Waals surface area (Å²) in [6, 6.07) is 0. The zero-order valence-corrected chi connectivity index (χ0v) is 12.6. The fourth-order valence-electron chi connectivity index (χ4n) is 1.61. The second-order valence-electron chi connectivity index (χ2n) is 4.19. The third kappa shape index (κ3) is 3.71. The van der Waals surface area contributed by atoms with Crippen LogP contribution in [0, 0.1) is 0 Å². The molecule has 0 unspecified atom stereocenters. The molecule has 0 fully saturated rings. The topological polar surface area (TPSA) is 146 Å². The van der Waals surface area contributed by atoms with Crippen LogP contribution in [0.2, 0.25) is 0 Å². The molecule has 0 aliphatic carbocycles. The van der Waals surface area contributed by atoms with E-state index in [0.29, 0.717) is 0 Å². The number of hydrogen-bond donors (Lipinski definition) is 2. The maximum atomic E-state index is 11.5. The SMILES string of the molecule is COC(=O)C(O)(CCC(O)(C(=O)OC)C(=O)OC)C(=O)OC. The fourth-order valence-corrected chi connectivity index (χ4v) is 1.61. The van der Waals surface area contributed by atoms with Gasteiger partial charge in [0.05, 0.1) is 28.4 Å². The van der Waals surface area contributed by atoms with Gasteiger partial charge in [0, 0.05) is 12.8 Å². The van der Waals surface area contributed by atoms with E-state index in [-0.39, 0.29) is 0 Å². The first-order valence-electron chi connectivity index (χ1n) is 5.92. The highest BCUT2D eigenvalue weighted by Crippen LogP contribution is 2.25. The number of ether oxygens (including phenoxy) is 4. The monoisotopic (exact) mass is 322 g/mol. The molecule has 126 valence electrons. The van der Waals surface area contributed by atoms with E-state index in [9.17, 15) is 29.4 Å². The molecule has 2 N–H and O–H groups in total. The van der Waals surface area contributed by atoms with Crippen molar-refractivity contribution in [2.24, 2.45) is 0 Å². The molecule has 0 aliphatic rings. The summed E-state index contributed by atoms with van der Waals surface area (Å²) in [4.78, 5) is 46.2. The lowest BCUT2D eigenvalue weighted by molar-refractivity contribution is -0.190. The standard InChI is InChI=1S/C12H18O10/c1-19-7(13)11(17,8(14)20-2)5-6-12(18,9(15)21-3)10(16)22-4/h17-18H,5-6H2,1-4H3. The molecule has 0 aromatic heterocycles. The van der Waals surface area contributed by atoms with Crippen molar-refractivity contribution >= 4 is 23.9 Å². The smallest absolute Gasteiger partial charge is 0.349 e. The summed E-state index contributed by atoms with van der Waals surface area (Å²) in [7, 11) is 3.62. The Bertz CT molecular complexity index is 381. The van der Waals surface area contributed by atoms with Crippen molar-refractivity contribution < 1.29 is 48.3 Å². The molecule has 22 heavy (non-hydrogen) atoms. The fraction of sp³-hybridized carbons (Fsp3) is 0.667. The number of carbonyl (C=O) groups is 4. The van der Waals surface area contributed by atoms with Crippen LogP contribution in [0.1, 0.15) is 12.8 Å². The van der Waals surface area contributed by atoms with Gasteiger partial charge in [-0.3, -0.25) is 0 Å². The van der Waals surface area contributed by atoms with Gasteiger partial charge in [0.15, 0.2) is 0 Å². The molecule has 0 heterocycles. The van der Waals surface area contributed by atoms with E-state index in [1.807, 2.05) is 0 Å². The molecular formula is C12H18O10. The number of aliphatic hydroxyl groups is 2. The van der Waals surface area contributed by atoms with Crippen molar-refractivity contribution in [3.63, 3.8) is 0 Å². The van der Waals surface area contributed by atoms with Crippen LogP contribution in [0.5, 0.6) is 0 Å². The highest BCUT2D eigenvalue weighted by atomic mass is 16.6. The van der Waals surface area contributed by atoms with Crippen molar-refractivity contribution in [3.8, 4) is 0 Å². The van der Waals surface area contributed by atoms with Crippen molar-refractivity contribution in [1.82, 2.24) is 0 Å². The summed E-state index contributed by atoms with van der Waals surface area (Å²) in [5.74, 6) is -5.51. The van der Waals surface area contributed by atoms with Crippen LogP contribution in [0.3, 0.4) is 0 Å². The third-order valence-corrected chi connectivity index (χ3v) is 2.94. The van der Waals surface area contributed by atoms with Gasteiger partial charge in [-0.05, 0) is 0 Å². The second-order valence-corrected chi connectivity index (χ2v) is 4.19. The van der Waals surface area contributed by atoms with Gasteiger partial charge in [0.25, 0.3) is 11.2 Å². The normalized spacial score (nSPS) is 11.4. The Hall–Kier alpha value is -2.20. The van der Waals surface area contributed by atoms with Crippen molar-refractivity contribution in [2.45, 2.75) is 24.0 Å². The Labute approximate surface area is 125 Å². The van der Waals surface area contributed by atoms with Crippen LogP contribution < -0.4 is 0 Å². The van der Waals surface area contributed by atoms with Gasteiger partial charge < -0.3 is 29.2 Å². The van der Waals surface area contributed by atoms with Gasteiger partial charge in [-0.2, -0.15) is 0 Å². The molecule has 0 spiro atoms. The third-order valence-electron chi connectivity index (χ3n) is 2.94. The first kappa shape index (κ1) is 19.8. The van der Waals surface area contributed by atoms with Crippen LogP contribution in [0.15, 0.2) is 0 Å². The summed E-state index contributed by atoms with van der Waals surface area (Å²) in [6.45, 7) is 0. The second kappa shape index (κ2) is 7.71. The van der Waals surface area contributed by atoms with Crippen LogP contribution in [0.25, 0.3) is 0 Å². The van der Waals surface area contributed by atoms with Gasteiger partial charge in [-0.25, -0.2) is 19.2 Å². The number of hydrogen-bond acceptors (Lipinski definition) is 10. The van der Waals surface area contributed by atoms with Gasteiger partial charge in [-0.15, -0.1) is 0 Å². The molecule has 0 amide bonds. The Kier molecular flexibility index (Phi) is 6.94. The van der Waals surface area contributed by atoms with E-state index in [0.717, 1.165) is 28.4 Å². The lowest BCUT2D eigenvalue weighted by atomic mass is 9.89. The summed E-state index contributed by atoms with van der Waals surface area (Å²) < 4.78 is 17.1. The van der Waals surface area contributed by atoms with E-state index in [2.05, 4.69) is 18.9 Å². The highest BCUT2D eigenvalue weighted by molar-refractivity contribution is 6.05. The van der Waals surface area contributed by atoms with Crippen LogP contribution in [-0.4, -0.2) is 73.7 Å². The Morgan fingerprint density at radius 2 is 0.818 bits per heavy atom. The lowest BCUT2D eigenvalue weighted by Crippen LogP contribution is -2.53. The van der Waals surface area contributed by atoms with Crippen molar-refractivity contribution in [2.75, 3.05) is 28.4 Å². The van der Waals surface area contributed by atoms with Gasteiger partial charge >= 0.3 is 23.9 Å². The van der Waals surface area contributed by atoms with Crippen molar-refractivity contribution in [3.05, 3.63) is 0 Å². The molecule has 0 saturated carbocycles. The molecule has 0 aromatic rings. The van der Waals surface area contributed by atoms with E-state index < -0.39 is 47.9 Å². The zero-order valence-electron chi connectivity index (χ0n) is 12.6. The Morgan fingerprint density at radius 3 is 0.955 bits per heavy atom. The quantitative estimate of drug-likeness (QED) is 0.304. The average molecular weight is 322 g/mol. The lowest BCUT2D eigenvalue weighted by Gasteiger charge is -2.27. The minimum Gasteiger partial charge on any atom is -0.466 e. The molecule has 0 aliphatic heterocycles. The first-order valence-corrected chi connectivity index (χ1v) is 5.92. The Balaban J connectivity index is 5.48. The van der Waals surface area contributed by atoms with Gasteiger partial charge in [0.1, 0.15) is 0 Å². The minimum atomic E-state index is -2.81. The van der Waals surface area contributed by atoms with E-state index in [4.69, 9.17) is 0 Å². The van der Waals surface area contributed by atoms with E-state index in [1.54, 1.807) is 0 Å². The summed E-state index contributed by atoms with van der Waals surface area (Å²) in [5.41, 5.74) is -5.61. The average Bonchev–Trinajstić information content (AvgIpc) is 2.55. The zero-order chi connectivity index (χ0) is 17.6. The molecular weight excluding hydrogens is 304 g/mol. The molecule has 0 radical (unpaired) electrons. The number of methoxy groups -OCH3 is 4. The number of esters is 4. The molecule has 10 heteroatoms. The molecule has 0 saturated heterocycles. The molecule has 0 atom stereocenters. The number of rotatable bonds is 7. The molecule has 0 aromatic carbocycles. The van der Waals surface area contributed by atoms with E-state index in [1.165, 1.54) is 0 Å². The summed E-state index contributed by atoms with van der Waals surface area (Å²) in [6.07, 6.45) is -1.71. The van der Waals surface area contributed by atoms with Gasteiger partial charge in [0.2, 0.25) is 0 Å². The van der Waals surface area contributed by atoms with Crippen molar-refractivity contribution in [1.29, 1.82) is 0 Å². The van der Waals surface area contributed by atoms with Crippen LogP contribution >= 0.6 is 0 Å². The maximum absolute atomic E-state index is 11.5. The Morgan fingerprint density at radius 1 is 0.636 bits per heavy atom. The van der Waals surface area contributed by atoms with Gasteiger partial charge in [-0.1, -0.05) is 0 Å². The summed E-state index contributed by atoms with van der Waals surface area (Å²) >= 11 is 0. The largest absolute Gasteiger partial charge is 0.466 e. The first-order chi connectivity index (χ1) is 10.1. The summed E-state index contributed by atoms with van der Waals surface area (Å²) in [5, 5.41) is 20.1. The predicted molar refractivity (Wildman–Crippen MR) is 67.2 cm³/mol. The molecule has 0 rings (SSSR count). The number of carbonyl (C=O) groups excluding carboxylic acids is 4. The molecule has 10 nitrogen and oxygen atoms in total. The minimum absolute atomic E-state index is 0.854. The van der Waals surface area contributed by atoms with Crippen LogP contribution in [0.4, 0.5) is 0 Å².